The van der Waals surface area contributed by atoms with Crippen LogP contribution in [0.15, 0.2) is 58.1 Å². The van der Waals surface area contributed by atoms with E-state index in [4.69, 9.17) is 9.47 Å². The van der Waals surface area contributed by atoms with Crippen LogP contribution < -0.4 is 14.4 Å². The lowest BCUT2D eigenvalue weighted by atomic mass is 9.99. The fourth-order valence-corrected chi connectivity index (χ4v) is 8.32. The SMILES string of the molecule is CCCC[C@H](c1ccc(OC)c(OC)c1)N1Cc2c(cccc2N2CCN(C3CC3)CC2)C1=O.CCS(=O)(=O)c1cccs1. The highest BCUT2D eigenvalue weighted by molar-refractivity contribution is 7.93. The van der Waals surface area contributed by atoms with E-state index in [1.165, 1.54) is 35.4 Å². The van der Waals surface area contributed by atoms with E-state index in [-0.39, 0.29) is 17.7 Å². The molecule has 10 heteroatoms. The average Bonchev–Trinajstić information content (AvgIpc) is 3.64. The molecule has 1 amide bonds. The Hall–Kier alpha value is -3.08. The molecule has 2 aliphatic heterocycles. The third-order valence-corrected chi connectivity index (χ3v) is 12.1. The first-order valence-electron chi connectivity index (χ1n) is 15.7. The van der Waals surface area contributed by atoms with Gasteiger partial charge in [-0.2, -0.15) is 0 Å². The lowest BCUT2D eigenvalue weighted by Crippen LogP contribution is -2.47. The Morgan fingerprint density at radius 3 is 2.32 bits per heavy atom. The van der Waals surface area contributed by atoms with Crippen LogP contribution in [0, 0.1) is 0 Å². The van der Waals surface area contributed by atoms with Crippen molar-refractivity contribution in [3.05, 3.63) is 70.6 Å². The van der Waals surface area contributed by atoms with Crippen LogP contribution >= 0.6 is 11.3 Å². The average molecular weight is 640 g/mol. The smallest absolute Gasteiger partial charge is 0.255 e. The van der Waals surface area contributed by atoms with E-state index in [0.717, 1.165) is 62.6 Å². The number of methoxy groups -OCH3 is 2. The molecule has 2 aromatic carbocycles. The number of hydrogen-bond acceptors (Lipinski definition) is 8. The van der Waals surface area contributed by atoms with Gasteiger partial charge in [0, 0.05) is 55.6 Å². The molecule has 0 N–H and O–H groups in total. The van der Waals surface area contributed by atoms with Gasteiger partial charge in [-0.05, 0) is 60.5 Å². The Morgan fingerprint density at radius 2 is 1.70 bits per heavy atom. The maximum absolute atomic E-state index is 13.7. The largest absolute Gasteiger partial charge is 0.493 e. The highest BCUT2D eigenvalue weighted by Crippen LogP contribution is 2.41. The monoisotopic (exact) mass is 639 g/mol. The van der Waals surface area contributed by atoms with Crippen molar-refractivity contribution < 1.29 is 22.7 Å². The first-order chi connectivity index (χ1) is 21.3. The number of thiophene rings is 1. The van der Waals surface area contributed by atoms with Gasteiger partial charge < -0.3 is 19.3 Å². The summed E-state index contributed by atoms with van der Waals surface area (Å²) < 4.78 is 33.6. The molecule has 1 atom stereocenters. The summed E-state index contributed by atoms with van der Waals surface area (Å²) in [5.74, 6) is 1.75. The van der Waals surface area contributed by atoms with E-state index in [1.807, 2.05) is 18.2 Å². The number of unbranched alkanes of at least 4 members (excludes halogenated alkanes) is 1. The summed E-state index contributed by atoms with van der Waals surface area (Å²) in [6.07, 6.45) is 5.81. The molecule has 1 aliphatic carbocycles. The van der Waals surface area contributed by atoms with Crippen molar-refractivity contribution in [3.63, 3.8) is 0 Å². The van der Waals surface area contributed by atoms with Gasteiger partial charge in [0.1, 0.15) is 4.21 Å². The van der Waals surface area contributed by atoms with Crippen LogP contribution in [0.2, 0.25) is 0 Å². The Bertz CT molecular complexity index is 1510. The summed E-state index contributed by atoms with van der Waals surface area (Å²) >= 11 is 1.27. The summed E-state index contributed by atoms with van der Waals surface area (Å²) in [5.41, 5.74) is 4.40. The number of hydrogen-bond donors (Lipinski definition) is 0. The van der Waals surface area contributed by atoms with E-state index in [1.54, 1.807) is 38.7 Å². The molecule has 44 heavy (non-hydrogen) atoms. The van der Waals surface area contributed by atoms with Crippen molar-refractivity contribution in [2.75, 3.05) is 51.1 Å². The zero-order valence-corrected chi connectivity index (χ0v) is 28.0. The van der Waals surface area contributed by atoms with Crippen LogP contribution in [0.5, 0.6) is 11.5 Å². The molecule has 1 saturated carbocycles. The predicted octanol–water partition coefficient (Wildman–Crippen LogP) is 6.42. The molecule has 6 rings (SSSR count). The van der Waals surface area contributed by atoms with Crippen LogP contribution in [0.25, 0.3) is 0 Å². The number of fused-ring (bicyclic) bond motifs is 1. The zero-order chi connectivity index (χ0) is 31.3. The van der Waals surface area contributed by atoms with Crippen molar-refractivity contribution in [1.29, 1.82) is 0 Å². The minimum Gasteiger partial charge on any atom is -0.493 e. The van der Waals surface area contributed by atoms with Gasteiger partial charge in [-0.15, -0.1) is 11.3 Å². The highest BCUT2D eigenvalue weighted by Gasteiger charge is 2.37. The predicted molar refractivity (Wildman–Crippen MR) is 177 cm³/mol. The fourth-order valence-electron chi connectivity index (χ4n) is 6.20. The molecule has 0 radical (unpaired) electrons. The summed E-state index contributed by atoms with van der Waals surface area (Å²) in [6, 6.07) is 16.5. The first kappa shape index (κ1) is 32.3. The quantitative estimate of drug-likeness (QED) is 0.240. The Kier molecular flexibility index (Phi) is 10.5. The van der Waals surface area contributed by atoms with E-state index in [2.05, 4.69) is 39.8 Å². The number of benzene rings is 2. The van der Waals surface area contributed by atoms with Gasteiger partial charge in [-0.25, -0.2) is 8.42 Å². The van der Waals surface area contributed by atoms with Crippen LogP contribution in [0.1, 0.15) is 73.5 Å². The lowest BCUT2D eigenvalue weighted by Gasteiger charge is -2.37. The second kappa shape index (κ2) is 14.3. The summed E-state index contributed by atoms with van der Waals surface area (Å²) in [6.45, 7) is 8.83. The lowest BCUT2D eigenvalue weighted by molar-refractivity contribution is 0.0688. The number of amides is 1. The van der Waals surface area contributed by atoms with Gasteiger partial charge in [0.2, 0.25) is 0 Å². The second-order valence-corrected chi connectivity index (χ2v) is 15.1. The van der Waals surface area contributed by atoms with Crippen LogP contribution in [-0.4, -0.2) is 76.3 Å². The van der Waals surface area contributed by atoms with Crippen molar-refractivity contribution in [3.8, 4) is 11.5 Å². The summed E-state index contributed by atoms with van der Waals surface area (Å²) in [7, 11) is 0.377. The van der Waals surface area contributed by atoms with E-state index >= 15 is 0 Å². The maximum Gasteiger partial charge on any atom is 0.255 e. The van der Waals surface area contributed by atoms with Gasteiger partial charge in [-0.1, -0.05) is 44.9 Å². The highest BCUT2D eigenvalue weighted by atomic mass is 32.2. The molecule has 3 aliphatic rings. The van der Waals surface area contributed by atoms with Crippen molar-refractivity contribution >= 4 is 32.8 Å². The molecule has 1 aromatic heterocycles. The van der Waals surface area contributed by atoms with E-state index in [0.29, 0.717) is 22.3 Å². The number of carbonyl (C=O) groups is 1. The fraction of sp³-hybridized carbons (Fsp3) is 0.500. The number of ether oxygens (including phenoxy) is 2. The molecular formula is C34H45N3O5S2. The molecule has 3 heterocycles. The van der Waals surface area contributed by atoms with Gasteiger partial charge in [-0.3, -0.25) is 9.69 Å². The third-order valence-electron chi connectivity index (χ3n) is 8.87. The maximum atomic E-state index is 13.7. The van der Waals surface area contributed by atoms with Crippen LogP contribution in [0.3, 0.4) is 0 Å². The minimum atomic E-state index is -2.94. The molecule has 0 unspecified atom stereocenters. The van der Waals surface area contributed by atoms with Crippen LogP contribution in [0.4, 0.5) is 5.69 Å². The first-order valence-corrected chi connectivity index (χ1v) is 18.2. The molecule has 238 valence electrons. The third kappa shape index (κ3) is 7.08. The second-order valence-electron chi connectivity index (χ2n) is 11.6. The van der Waals surface area contributed by atoms with Crippen molar-refractivity contribution in [2.24, 2.45) is 0 Å². The normalized spacial score (nSPS) is 17.6. The molecule has 0 spiro atoms. The summed E-state index contributed by atoms with van der Waals surface area (Å²) in [5, 5.41) is 1.77. The number of nitrogens with zero attached hydrogens (tertiary/aromatic N) is 3. The molecule has 2 fully saturated rings. The minimum absolute atomic E-state index is 0.0132. The molecule has 3 aromatic rings. The van der Waals surface area contributed by atoms with Crippen molar-refractivity contribution in [1.82, 2.24) is 9.80 Å². The summed E-state index contributed by atoms with van der Waals surface area (Å²) in [4.78, 5) is 20.9. The number of sulfone groups is 1. The van der Waals surface area contributed by atoms with Gasteiger partial charge >= 0.3 is 0 Å². The molecule has 0 bridgehead atoms. The number of piperazine rings is 1. The van der Waals surface area contributed by atoms with E-state index in [9.17, 15) is 13.2 Å². The number of anilines is 1. The van der Waals surface area contributed by atoms with Crippen LogP contribution in [-0.2, 0) is 16.4 Å². The number of carbonyl (C=O) groups excluding carboxylic acids is 1. The molecule has 8 nitrogen and oxygen atoms in total. The zero-order valence-electron chi connectivity index (χ0n) is 26.3. The topological polar surface area (TPSA) is 79.4 Å². The molecular weight excluding hydrogens is 595 g/mol. The van der Waals surface area contributed by atoms with Gasteiger partial charge in [0.25, 0.3) is 5.91 Å². The number of rotatable bonds is 11. The van der Waals surface area contributed by atoms with Gasteiger partial charge in [0.15, 0.2) is 21.3 Å². The van der Waals surface area contributed by atoms with Crippen molar-refractivity contribution in [2.45, 2.75) is 68.8 Å². The molecule has 1 saturated heterocycles. The van der Waals surface area contributed by atoms with E-state index < -0.39 is 9.84 Å². The Morgan fingerprint density at radius 1 is 0.955 bits per heavy atom. The Labute approximate surface area is 266 Å². The Balaban J connectivity index is 0.000000328. The standard InChI is InChI=1S/C28H37N3O3.C6H8O2S2/c1-4-5-8-24(20-10-13-26(33-2)27(18-20)34-3)31-19-23-22(28(31)32)7-6-9-25(23)30-16-14-29(15-17-30)21-11-12-21;1-2-10(7,8)6-4-3-5-9-6/h6-7,9-10,13,18,21,24H,4-5,8,11-12,14-17,19H2,1-3H3;3-5H,2H2,1H3/t24-;/m1./s1. The van der Waals surface area contributed by atoms with Gasteiger partial charge in [0.05, 0.1) is 26.0 Å².